The number of fused-ring (bicyclic) bond motifs is 1. The molecule has 3 nitrogen and oxygen atoms in total. The van der Waals surface area contributed by atoms with E-state index in [0.717, 1.165) is 10.6 Å². The Hall–Kier alpha value is -1.42. The lowest BCUT2D eigenvalue weighted by Crippen LogP contribution is -1.93. The summed E-state index contributed by atoms with van der Waals surface area (Å²) < 4.78 is 1.18. The molecule has 0 fully saturated rings. The van der Waals surface area contributed by atoms with Gasteiger partial charge in [0.1, 0.15) is 0 Å². The second-order valence-electron chi connectivity index (χ2n) is 3.62. The van der Waals surface area contributed by atoms with Gasteiger partial charge in [-0.25, -0.2) is 4.98 Å². The highest BCUT2D eigenvalue weighted by atomic mass is 32.1. The van der Waals surface area contributed by atoms with Crippen molar-refractivity contribution in [2.45, 2.75) is 13.8 Å². The summed E-state index contributed by atoms with van der Waals surface area (Å²) in [6.45, 7) is 4.17. The van der Waals surface area contributed by atoms with Gasteiger partial charge in [0, 0.05) is 6.21 Å². The largest absolute Gasteiger partial charge is 0.253 e. The third-order valence-corrected chi connectivity index (χ3v) is 2.77. The number of hydrogen-bond acceptors (Lipinski definition) is 4. The van der Waals surface area contributed by atoms with Gasteiger partial charge in [0.15, 0.2) is 0 Å². The first-order valence-electron chi connectivity index (χ1n) is 4.90. The average molecular weight is 219 g/mol. The van der Waals surface area contributed by atoms with Crippen LogP contribution in [0, 0.1) is 5.92 Å². The fourth-order valence-corrected chi connectivity index (χ4v) is 1.98. The molecule has 0 unspecified atom stereocenters. The molecule has 2 aromatic rings. The second-order valence-corrected chi connectivity index (χ2v) is 4.65. The Bertz CT molecular complexity index is 440. The fourth-order valence-electron chi connectivity index (χ4n) is 1.16. The normalized spacial score (nSPS) is 11.7. The summed E-state index contributed by atoms with van der Waals surface area (Å²) in [4.78, 5) is 4.40. The maximum absolute atomic E-state index is 4.40. The highest BCUT2D eigenvalue weighted by Crippen LogP contribution is 2.25. The number of para-hydroxylation sites is 1. The van der Waals surface area contributed by atoms with Gasteiger partial charge in [0.25, 0.3) is 0 Å². The lowest BCUT2D eigenvalue weighted by Gasteiger charge is -1.94. The molecule has 0 radical (unpaired) electrons. The summed E-state index contributed by atoms with van der Waals surface area (Å²) in [5.74, 6) is 0.451. The second kappa shape index (κ2) is 4.40. The van der Waals surface area contributed by atoms with Gasteiger partial charge in [0.2, 0.25) is 5.13 Å². The van der Waals surface area contributed by atoms with Gasteiger partial charge in [0.05, 0.1) is 10.2 Å². The van der Waals surface area contributed by atoms with Crippen LogP contribution >= 0.6 is 11.3 Å². The van der Waals surface area contributed by atoms with Crippen molar-refractivity contribution in [1.82, 2.24) is 4.98 Å². The molecule has 0 bridgehead atoms. The molecule has 1 aromatic carbocycles. The lowest BCUT2D eigenvalue weighted by atomic mass is 10.3. The molecule has 0 aliphatic heterocycles. The summed E-state index contributed by atoms with van der Waals surface area (Å²) in [5.41, 5.74) is 3.96. The molecule has 2 rings (SSSR count). The number of hydrazone groups is 1. The van der Waals surface area contributed by atoms with Gasteiger partial charge in [-0.2, -0.15) is 5.10 Å². The minimum absolute atomic E-state index is 0.451. The van der Waals surface area contributed by atoms with Crippen molar-refractivity contribution in [3.05, 3.63) is 24.3 Å². The molecule has 1 heterocycles. The van der Waals surface area contributed by atoms with Crippen molar-refractivity contribution in [2.75, 3.05) is 5.43 Å². The lowest BCUT2D eigenvalue weighted by molar-refractivity contribution is 0.904. The zero-order valence-corrected chi connectivity index (χ0v) is 9.58. The van der Waals surface area contributed by atoms with Crippen molar-refractivity contribution in [3.63, 3.8) is 0 Å². The van der Waals surface area contributed by atoms with E-state index in [1.807, 2.05) is 24.4 Å². The molecule has 0 aliphatic carbocycles. The Kier molecular flexibility index (Phi) is 2.97. The van der Waals surface area contributed by atoms with Crippen LogP contribution in [0.25, 0.3) is 10.2 Å². The maximum Gasteiger partial charge on any atom is 0.204 e. The van der Waals surface area contributed by atoms with Crippen LogP contribution in [0.3, 0.4) is 0 Å². The molecule has 0 saturated heterocycles. The number of benzene rings is 1. The Morgan fingerprint density at radius 3 is 2.93 bits per heavy atom. The van der Waals surface area contributed by atoms with Gasteiger partial charge in [-0.15, -0.1) is 0 Å². The molecule has 15 heavy (non-hydrogen) atoms. The van der Waals surface area contributed by atoms with E-state index in [1.165, 1.54) is 4.70 Å². The van der Waals surface area contributed by atoms with E-state index in [0.29, 0.717) is 5.92 Å². The van der Waals surface area contributed by atoms with E-state index < -0.39 is 0 Å². The maximum atomic E-state index is 4.40. The van der Waals surface area contributed by atoms with Crippen LogP contribution in [-0.4, -0.2) is 11.2 Å². The Balaban J connectivity index is 2.15. The molecular weight excluding hydrogens is 206 g/mol. The van der Waals surface area contributed by atoms with Crippen molar-refractivity contribution >= 4 is 32.9 Å². The number of aromatic nitrogens is 1. The van der Waals surface area contributed by atoms with Crippen LogP contribution < -0.4 is 5.43 Å². The molecular formula is C11H13N3S. The van der Waals surface area contributed by atoms with E-state index >= 15 is 0 Å². The summed E-state index contributed by atoms with van der Waals surface area (Å²) in [7, 11) is 0. The number of anilines is 1. The molecule has 78 valence electrons. The van der Waals surface area contributed by atoms with Crippen LogP contribution in [0.2, 0.25) is 0 Å². The quantitative estimate of drug-likeness (QED) is 0.635. The summed E-state index contributed by atoms with van der Waals surface area (Å²) >= 11 is 1.61. The molecule has 1 aromatic heterocycles. The van der Waals surface area contributed by atoms with E-state index in [1.54, 1.807) is 11.3 Å². The summed E-state index contributed by atoms with van der Waals surface area (Å²) in [6.07, 6.45) is 1.87. The van der Waals surface area contributed by atoms with Crippen LogP contribution in [0.15, 0.2) is 29.4 Å². The predicted molar refractivity (Wildman–Crippen MR) is 66.6 cm³/mol. The number of hydrogen-bond donors (Lipinski definition) is 1. The Morgan fingerprint density at radius 1 is 1.40 bits per heavy atom. The zero-order valence-electron chi connectivity index (χ0n) is 8.77. The summed E-state index contributed by atoms with van der Waals surface area (Å²) in [5, 5.41) is 4.95. The highest BCUT2D eigenvalue weighted by Gasteiger charge is 2.00. The van der Waals surface area contributed by atoms with Crippen molar-refractivity contribution in [3.8, 4) is 0 Å². The van der Waals surface area contributed by atoms with Gasteiger partial charge >= 0.3 is 0 Å². The van der Waals surface area contributed by atoms with Crippen molar-refractivity contribution in [1.29, 1.82) is 0 Å². The SMILES string of the molecule is CC(C)/C=N/Nc1nc2ccccc2s1. The molecule has 0 amide bonds. The number of nitrogens with one attached hydrogen (secondary N) is 1. The topological polar surface area (TPSA) is 37.3 Å². The number of nitrogens with zero attached hydrogens (tertiary/aromatic N) is 2. The molecule has 1 N–H and O–H groups in total. The van der Waals surface area contributed by atoms with Gasteiger partial charge in [-0.3, -0.25) is 5.43 Å². The van der Waals surface area contributed by atoms with Crippen LogP contribution in [0.4, 0.5) is 5.13 Å². The van der Waals surface area contributed by atoms with Crippen molar-refractivity contribution < 1.29 is 0 Å². The average Bonchev–Trinajstić information content (AvgIpc) is 2.59. The summed E-state index contributed by atoms with van der Waals surface area (Å²) in [6, 6.07) is 8.07. The Morgan fingerprint density at radius 2 is 2.20 bits per heavy atom. The first-order valence-corrected chi connectivity index (χ1v) is 5.72. The number of rotatable bonds is 3. The standard InChI is InChI=1S/C11H13N3S/c1-8(2)7-12-14-11-13-9-5-3-4-6-10(9)15-11/h3-8H,1-2H3,(H,13,14)/b12-7+. The third kappa shape index (κ3) is 2.53. The van der Waals surface area contributed by atoms with E-state index in [2.05, 4.69) is 35.4 Å². The molecule has 0 aliphatic rings. The smallest absolute Gasteiger partial charge is 0.204 e. The minimum atomic E-state index is 0.451. The van der Waals surface area contributed by atoms with Crippen LogP contribution in [-0.2, 0) is 0 Å². The monoisotopic (exact) mass is 219 g/mol. The van der Waals surface area contributed by atoms with E-state index in [9.17, 15) is 0 Å². The van der Waals surface area contributed by atoms with Crippen molar-refractivity contribution in [2.24, 2.45) is 11.0 Å². The fraction of sp³-hybridized carbons (Fsp3) is 0.273. The van der Waals surface area contributed by atoms with Crippen LogP contribution in [0.1, 0.15) is 13.8 Å². The van der Waals surface area contributed by atoms with Gasteiger partial charge in [-0.05, 0) is 18.1 Å². The highest BCUT2D eigenvalue weighted by molar-refractivity contribution is 7.22. The predicted octanol–water partition coefficient (Wildman–Crippen LogP) is 3.35. The van der Waals surface area contributed by atoms with E-state index in [4.69, 9.17) is 0 Å². The first kappa shape index (κ1) is 10.1. The van der Waals surface area contributed by atoms with Gasteiger partial charge in [-0.1, -0.05) is 37.3 Å². The minimum Gasteiger partial charge on any atom is -0.253 e. The number of thiazole rings is 1. The van der Waals surface area contributed by atoms with Crippen LogP contribution in [0.5, 0.6) is 0 Å². The van der Waals surface area contributed by atoms with E-state index in [-0.39, 0.29) is 0 Å². The molecule has 0 spiro atoms. The third-order valence-electron chi connectivity index (χ3n) is 1.83. The first-order chi connectivity index (χ1) is 7.25. The molecule has 0 atom stereocenters. The molecule has 0 saturated carbocycles. The Labute approximate surface area is 92.8 Å². The van der Waals surface area contributed by atoms with Gasteiger partial charge < -0.3 is 0 Å². The zero-order chi connectivity index (χ0) is 10.7. The molecule has 4 heteroatoms.